The highest BCUT2D eigenvalue weighted by atomic mass is 35.5. The maximum absolute atomic E-state index is 13.4. The first-order valence-electron chi connectivity index (χ1n) is 12.8. The Kier molecular flexibility index (Phi) is 6.25. The summed E-state index contributed by atoms with van der Waals surface area (Å²) in [6.45, 7) is 0.947. The number of fused-ring (bicyclic) bond motifs is 1. The fourth-order valence-electron chi connectivity index (χ4n) is 5.98. The number of carbonyl (C=O) groups excluding carboxylic acids is 3. The Morgan fingerprint density at radius 3 is 2.57 bits per heavy atom. The Balaban J connectivity index is 1.07. The average molecular weight is 570 g/mol. The van der Waals surface area contributed by atoms with E-state index in [-0.39, 0.29) is 31.1 Å². The van der Waals surface area contributed by atoms with E-state index in [1.807, 2.05) is 12.1 Å². The molecule has 4 fully saturated rings. The third-order valence-electron chi connectivity index (χ3n) is 8.49. The third kappa shape index (κ3) is 4.86. The topological polar surface area (TPSA) is 113 Å². The molecule has 12 heteroatoms. The highest BCUT2D eigenvalue weighted by Gasteiger charge is 2.66. The van der Waals surface area contributed by atoms with Crippen molar-refractivity contribution in [1.82, 2.24) is 14.0 Å². The number of carbonyl (C=O) groups is 3. The van der Waals surface area contributed by atoms with Crippen molar-refractivity contribution < 1.29 is 27.5 Å². The number of nitrogens with one attached hydrogen (secondary N) is 1. The minimum atomic E-state index is -3.69. The van der Waals surface area contributed by atoms with Crippen molar-refractivity contribution in [2.24, 2.45) is 17.3 Å². The molecule has 1 aromatic carbocycles. The van der Waals surface area contributed by atoms with Gasteiger partial charge in [-0.3, -0.25) is 19.2 Å². The largest absolute Gasteiger partial charge is 0.445 e. The first-order valence-corrected chi connectivity index (χ1v) is 15.1. The van der Waals surface area contributed by atoms with Gasteiger partial charge in [-0.2, -0.15) is 0 Å². The van der Waals surface area contributed by atoms with Gasteiger partial charge in [0.1, 0.15) is 6.10 Å². The first kappa shape index (κ1) is 25.4. The number of rotatable bonds is 8. The highest BCUT2D eigenvalue weighted by molar-refractivity contribution is 7.90. The second-order valence-electron chi connectivity index (χ2n) is 11.2. The van der Waals surface area contributed by atoms with Crippen molar-refractivity contribution in [3.05, 3.63) is 34.3 Å². The third-order valence-corrected chi connectivity index (χ3v) is 11.0. The van der Waals surface area contributed by atoms with Gasteiger partial charge in [-0.15, -0.1) is 0 Å². The van der Waals surface area contributed by atoms with E-state index in [1.165, 1.54) is 4.42 Å². The standard InChI is InChI=1S/C25H29Cl2N3O6S/c26-20-3-1-2-15-11-29(13-18(15)20)24(33)36-16-8-21(30(27)12-16)22(31)10-25(9-19(25)14-4-5-14)23(32)28-37(34,35)17-6-7-17/h1-3,14,16-17,19,21H,4-13H2,(H,28,32)/t16-,19+,21+,25-/m1/s1. The number of ether oxygens (including phenoxy) is 1. The molecule has 6 rings (SSSR count). The van der Waals surface area contributed by atoms with Gasteiger partial charge < -0.3 is 4.74 Å². The smallest absolute Gasteiger partial charge is 0.410 e. The summed E-state index contributed by atoms with van der Waals surface area (Å²) in [6.07, 6.45) is 2.72. The van der Waals surface area contributed by atoms with Gasteiger partial charge in [0, 0.05) is 24.4 Å². The average Bonchev–Trinajstić information content (AvgIpc) is 3.72. The van der Waals surface area contributed by atoms with Crippen molar-refractivity contribution in [3.8, 4) is 0 Å². The number of ketones is 1. The molecule has 9 nitrogen and oxygen atoms in total. The molecule has 0 bridgehead atoms. The van der Waals surface area contributed by atoms with Gasteiger partial charge in [-0.1, -0.05) is 23.7 Å². The lowest BCUT2D eigenvalue weighted by Crippen LogP contribution is -2.42. The van der Waals surface area contributed by atoms with Crippen molar-refractivity contribution in [3.63, 3.8) is 0 Å². The number of amides is 2. The molecule has 3 aliphatic carbocycles. The SMILES string of the molecule is O=C(C[C@]1(C(=O)NS(=O)(=O)C2CC2)C[C@H]1C1CC1)[C@@H]1C[C@@H](OC(=O)N2Cc3cccc(Cl)c3C2)CN1Cl. The predicted octanol–water partition coefficient (Wildman–Crippen LogP) is 3.37. The van der Waals surface area contributed by atoms with E-state index in [0.717, 1.165) is 24.0 Å². The van der Waals surface area contributed by atoms with Crippen molar-refractivity contribution in [2.75, 3.05) is 6.54 Å². The molecule has 0 aromatic heterocycles. The van der Waals surface area contributed by atoms with Crippen LogP contribution in [0.3, 0.4) is 0 Å². The summed E-state index contributed by atoms with van der Waals surface area (Å²) in [5.41, 5.74) is 0.888. The van der Waals surface area contributed by atoms with Gasteiger partial charge >= 0.3 is 6.09 Å². The number of halogens is 2. The lowest BCUT2D eigenvalue weighted by Gasteiger charge is -2.21. The summed E-state index contributed by atoms with van der Waals surface area (Å²) in [5, 5.41) is 0.101. The van der Waals surface area contributed by atoms with Crippen LogP contribution in [0.15, 0.2) is 18.2 Å². The number of hydrogen-bond acceptors (Lipinski definition) is 7. The van der Waals surface area contributed by atoms with Crippen LogP contribution in [0, 0.1) is 17.3 Å². The number of Topliss-reactive ketones (excluding diaryl/α,β-unsaturated/α-hetero) is 1. The van der Waals surface area contributed by atoms with Crippen LogP contribution in [-0.2, 0) is 37.4 Å². The van der Waals surface area contributed by atoms with E-state index in [9.17, 15) is 22.8 Å². The Morgan fingerprint density at radius 2 is 1.89 bits per heavy atom. The maximum Gasteiger partial charge on any atom is 0.410 e. The van der Waals surface area contributed by atoms with E-state index in [1.54, 1.807) is 11.0 Å². The molecular weight excluding hydrogens is 541 g/mol. The molecular formula is C25H29Cl2N3O6S. The van der Waals surface area contributed by atoms with Gasteiger partial charge in [-0.25, -0.2) is 17.6 Å². The number of sulfonamides is 1. The lowest BCUT2D eigenvalue weighted by molar-refractivity contribution is -0.131. The lowest BCUT2D eigenvalue weighted by atomic mass is 9.90. The monoisotopic (exact) mass is 569 g/mol. The molecule has 1 saturated heterocycles. The Morgan fingerprint density at radius 1 is 1.14 bits per heavy atom. The van der Waals surface area contributed by atoms with Crippen LogP contribution in [0.5, 0.6) is 0 Å². The summed E-state index contributed by atoms with van der Waals surface area (Å²) in [4.78, 5) is 40.9. The Bertz CT molecular complexity index is 1270. The van der Waals surface area contributed by atoms with E-state index in [2.05, 4.69) is 4.72 Å². The highest BCUT2D eigenvalue weighted by Crippen LogP contribution is 2.65. The Hall–Kier alpha value is -1.88. The van der Waals surface area contributed by atoms with Gasteiger partial charge in [-0.05, 0) is 72.9 Å². The predicted molar refractivity (Wildman–Crippen MR) is 135 cm³/mol. The van der Waals surface area contributed by atoms with Gasteiger partial charge in [0.15, 0.2) is 5.78 Å². The zero-order valence-electron chi connectivity index (χ0n) is 20.2. The van der Waals surface area contributed by atoms with E-state index in [0.29, 0.717) is 43.3 Å². The normalized spacial score (nSPS) is 31.2. The van der Waals surface area contributed by atoms with Crippen LogP contribution in [0.4, 0.5) is 4.79 Å². The van der Waals surface area contributed by atoms with Crippen LogP contribution in [0.25, 0.3) is 0 Å². The molecule has 0 radical (unpaired) electrons. The van der Waals surface area contributed by atoms with Crippen LogP contribution in [0.2, 0.25) is 5.02 Å². The van der Waals surface area contributed by atoms with Gasteiger partial charge in [0.05, 0.1) is 29.8 Å². The van der Waals surface area contributed by atoms with E-state index >= 15 is 0 Å². The first-order chi connectivity index (χ1) is 17.6. The molecule has 200 valence electrons. The summed E-state index contributed by atoms with van der Waals surface area (Å²) < 4.78 is 34.1. The van der Waals surface area contributed by atoms with Gasteiger partial charge in [0.2, 0.25) is 15.9 Å². The Labute approximate surface area is 225 Å². The van der Waals surface area contributed by atoms with E-state index < -0.39 is 44.8 Å². The second kappa shape index (κ2) is 9.10. The molecule has 2 amide bonds. The summed E-state index contributed by atoms with van der Waals surface area (Å²) in [5.74, 6) is -0.395. The van der Waals surface area contributed by atoms with Crippen LogP contribution in [0.1, 0.15) is 56.1 Å². The van der Waals surface area contributed by atoms with Crippen molar-refractivity contribution in [2.45, 2.75) is 75.4 Å². The zero-order chi connectivity index (χ0) is 26.1. The van der Waals surface area contributed by atoms with Crippen molar-refractivity contribution in [1.29, 1.82) is 0 Å². The number of nitrogens with zero attached hydrogens (tertiary/aromatic N) is 2. The van der Waals surface area contributed by atoms with Crippen LogP contribution < -0.4 is 4.72 Å². The summed E-state index contributed by atoms with van der Waals surface area (Å²) >= 11 is 12.6. The fraction of sp³-hybridized carbons (Fsp3) is 0.640. The van der Waals surface area contributed by atoms with Crippen molar-refractivity contribution >= 4 is 51.2 Å². The quantitative estimate of drug-likeness (QED) is 0.477. The second-order valence-corrected chi connectivity index (χ2v) is 14.0. The molecule has 0 unspecified atom stereocenters. The molecule has 2 heterocycles. The molecule has 5 aliphatic rings. The molecule has 1 N–H and O–H groups in total. The van der Waals surface area contributed by atoms with Gasteiger partial charge in [0.25, 0.3) is 0 Å². The number of hydrogen-bond donors (Lipinski definition) is 1. The molecule has 4 atom stereocenters. The minimum Gasteiger partial charge on any atom is -0.445 e. The maximum atomic E-state index is 13.4. The summed E-state index contributed by atoms with van der Waals surface area (Å²) in [6, 6.07) is 4.84. The summed E-state index contributed by atoms with van der Waals surface area (Å²) in [7, 11) is -3.69. The van der Waals surface area contributed by atoms with Crippen LogP contribution in [-0.4, -0.2) is 59.5 Å². The van der Waals surface area contributed by atoms with E-state index in [4.69, 9.17) is 28.1 Å². The number of benzene rings is 1. The molecule has 37 heavy (non-hydrogen) atoms. The fourth-order valence-corrected chi connectivity index (χ4v) is 7.96. The molecule has 1 aromatic rings. The van der Waals surface area contributed by atoms with Crippen LogP contribution >= 0.6 is 23.4 Å². The zero-order valence-corrected chi connectivity index (χ0v) is 22.5. The molecule has 3 saturated carbocycles. The molecule has 2 aliphatic heterocycles. The molecule has 0 spiro atoms. The minimum absolute atomic E-state index is 0.0216.